The van der Waals surface area contributed by atoms with Crippen LogP contribution in [-0.2, 0) is 0 Å². The number of aromatic nitrogens is 1. The molecule has 1 atom stereocenters. The SMILES string of the molecule is FC[C@H](c1ccccn1)N1CCNCC1. The summed E-state index contributed by atoms with van der Waals surface area (Å²) in [5, 5.41) is 3.26. The Balaban J connectivity index is 2.09. The molecule has 2 heterocycles. The van der Waals surface area contributed by atoms with E-state index in [0.717, 1.165) is 31.9 Å². The number of nitrogens with one attached hydrogen (secondary N) is 1. The molecule has 0 unspecified atom stereocenters. The Morgan fingerprint density at radius 3 is 2.80 bits per heavy atom. The number of halogens is 1. The van der Waals surface area contributed by atoms with Gasteiger partial charge in [-0.1, -0.05) is 6.07 Å². The normalized spacial score (nSPS) is 20.1. The standard InChI is InChI=1S/C11H16FN3/c12-9-11(10-3-1-2-4-14-10)15-7-5-13-6-8-15/h1-4,11,13H,5-9H2/t11-/m1/s1. The first kappa shape index (κ1) is 10.5. The lowest BCUT2D eigenvalue weighted by molar-refractivity contribution is 0.144. The first-order chi connectivity index (χ1) is 7.42. The van der Waals surface area contributed by atoms with E-state index < -0.39 is 0 Å². The summed E-state index contributed by atoms with van der Waals surface area (Å²) >= 11 is 0. The Morgan fingerprint density at radius 1 is 1.40 bits per heavy atom. The number of alkyl halides is 1. The fraction of sp³-hybridized carbons (Fsp3) is 0.545. The Labute approximate surface area is 89.3 Å². The first-order valence-electron chi connectivity index (χ1n) is 5.33. The maximum atomic E-state index is 13.0. The monoisotopic (exact) mass is 209 g/mol. The summed E-state index contributed by atoms with van der Waals surface area (Å²) in [7, 11) is 0. The van der Waals surface area contributed by atoms with Gasteiger partial charge in [0.05, 0.1) is 11.7 Å². The topological polar surface area (TPSA) is 28.2 Å². The van der Waals surface area contributed by atoms with Crippen LogP contribution in [0.4, 0.5) is 4.39 Å². The lowest BCUT2D eigenvalue weighted by Crippen LogP contribution is -2.45. The molecule has 0 radical (unpaired) electrons. The van der Waals surface area contributed by atoms with Gasteiger partial charge in [-0.25, -0.2) is 4.39 Å². The van der Waals surface area contributed by atoms with E-state index in [4.69, 9.17) is 0 Å². The zero-order valence-electron chi connectivity index (χ0n) is 8.69. The molecule has 4 heteroatoms. The first-order valence-corrected chi connectivity index (χ1v) is 5.33. The second-order valence-corrected chi connectivity index (χ2v) is 3.71. The molecule has 1 aromatic rings. The highest BCUT2D eigenvalue weighted by Crippen LogP contribution is 2.19. The zero-order chi connectivity index (χ0) is 10.5. The minimum atomic E-state index is -0.364. The van der Waals surface area contributed by atoms with Crippen LogP contribution in [0.1, 0.15) is 11.7 Å². The van der Waals surface area contributed by atoms with Crippen LogP contribution < -0.4 is 5.32 Å². The summed E-state index contributed by atoms with van der Waals surface area (Å²) in [6, 6.07) is 5.49. The molecule has 0 amide bonds. The molecule has 1 saturated heterocycles. The van der Waals surface area contributed by atoms with Crippen LogP contribution in [0, 0.1) is 0 Å². The molecule has 2 rings (SSSR count). The fourth-order valence-electron chi connectivity index (χ4n) is 1.93. The molecular weight excluding hydrogens is 193 g/mol. The van der Waals surface area contributed by atoms with Gasteiger partial charge in [0.25, 0.3) is 0 Å². The molecule has 1 aliphatic rings. The number of rotatable bonds is 3. The third-order valence-corrected chi connectivity index (χ3v) is 2.77. The van der Waals surface area contributed by atoms with Crippen molar-refractivity contribution < 1.29 is 4.39 Å². The van der Waals surface area contributed by atoms with E-state index in [0.29, 0.717) is 0 Å². The summed E-state index contributed by atoms with van der Waals surface area (Å²) in [6.07, 6.45) is 1.72. The van der Waals surface area contributed by atoms with Gasteiger partial charge in [0.2, 0.25) is 0 Å². The van der Waals surface area contributed by atoms with Crippen molar-refractivity contribution in [2.24, 2.45) is 0 Å². The summed E-state index contributed by atoms with van der Waals surface area (Å²) in [6.45, 7) is 3.29. The predicted octanol–water partition coefficient (Wildman–Crippen LogP) is 0.997. The van der Waals surface area contributed by atoms with Gasteiger partial charge in [-0.2, -0.15) is 0 Å². The number of pyridine rings is 1. The molecule has 15 heavy (non-hydrogen) atoms. The summed E-state index contributed by atoms with van der Waals surface area (Å²) < 4.78 is 13.0. The average molecular weight is 209 g/mol. The maximum absolute atomic E-state index is 13.0. The van der Waals surface area contributed by atoms with E-state index in [9.17, 15) is 4.39 Å². The zero-order valence-corrected chi connectivity index (χ0v) is 8.69. The van der Waals surface area contributed by atoms with Crippen molar-refractivity contribution in [1.82, 2.24) is 15.2 Å². The van der Waals surface area contributed by atoms with Crippen LogP contribution in [0.3, 0.4) is 0 Å². The third kappa shape index (κ3) is 2.52. The minimum Gasteiger partial charge on any atom is -0.314 e. The summed E-state index contributed by atoms with van der Waals surface area (Å²) in [5.41, 5.74) is 0.835. The van der Waals surface area contributed by atoms with E-state index in [-0.39, 0.29) is 12.7 Å². The molecule has 0 bridgehead atoms. The van der Waals surface area contributed by atoms with E-state index in [1.54, 1.807) is 6.20 Å². The maximum Gasteiger partial charge on any atom is 0.111 e. The molecule has 1 aliphatic heterocycles. The Kier molecular flexibility index (Phi) is 3.64. The summed E-state index contributed by atoms with van der Waals surface area (Å²) in [4.78, 5) is 6.37. The van der Waals surface area contributed by atoms with Gasteiger partial charge in [-0.15, -0.1) is 0 Å². The van der Waals surface area contributed by atoms with E-state index in [1.165, 1.54) is 0 Å². The van der Waals surface area contributed by atoms with E-state index >= 15 is 0 Å². The highest BCUT2D eigenvalue weighted by atomic mass is 19.1. The van der Waals surface area contributed by atoms with Crippen molar-refractivity contribution in [3.05, 3.63) is 30.1 Å². The van der Waals surface area contributed by atoms with Gasteiger partial charge >= 0.3 is 0 Å². The van der Waals surface area contributed by atoms with Gasteiger partial charge in [0.1, 0.15) is 6.67 Å². The van der Waals surface area contributed by atoms with E-state index in [2.05, 4.69) is 15.2 Å². The third-order valence-electron chi connectivity index (χ3n) is 2.77. The van der Waals surface area contributed by atoms with Gasteiger partial charge in [-0.05, 0) is 12.1 Å². The highest BCUT2D eigenvalue weighted by Gasteiger charge is 2.22. The van der Waals surface area contributed by atoms with Crippen molar-refractivity contribution in [2.75, 3.05) is 32.9 Å². The Morgan fingerprint density at radius 2 is 2.20 bits per heavy atom. The average Bonchev–Trinajstić information content (AvgIpc) is 2.33. The fourth-order valence-corrected chi connectivity index (χ4v) is 1.93. The van der Waals surface area contributed by atoms with Gasteiger partial charge < -0.3 is 5.32 Å². The molecule has 0 aromatic carbocycles. The molecule has 82 valence electrons. The minimum absolute atomic E-state index is 0.173. The second-order valence-electron chi connectivity index (χ2n) is 3.71. The number of nitrogens with zero attached hydrogens (tertiary/aromatic N) is 2. The number of hydrogen-bond donors (Lipinski definition) is 1. The molecule has 1 N–H and O–H groups in total. The number of piperazine rings is 1. The van der Waals surface area contributed by atoms with Crippen molar-refractivity contribution in [2.45, 2.75) is 6.04 Å². The van der Waals surface area contributed by atoms with Crippen LogP contribution in [0.15, 0.2) is 24.4 Å². The lowest BCUT2D eigenvalue weighted by Gasteiger charge is -2.32. The van der Waals surface area contributed by atoms with Gasteiger partial charge in [-0.3, -0.25) is 9.88 Å². The molecular formula is C11H16FN3. The molecule has 0 saturated carbocycles. The van der Waals surface area contributed by atoms with Crippen LogP contribution in [0.25, 0.3) is 0 Å². The number of hydrogen-bond acceptors (Lipinski definition) is 3. The van der Waals surface area contributed by atoms with Gasteiger partial charge in [0.15, 0.2) is 0 Å². The smallest absolute Gasteiger partial charge is 0.111 e. The van der Waals surface area contributed by atoms with Crippen molar-refractivity contribution in [1.29, 1.82) is 0 Å². The van der Waals surface area contributed by atoms with Crippen molar-refractivity contribution >= 4 is 0 Å². The second kappa shape index (κ2) is 5.19. The van der Waals surface area contributed by atoms with E-state index in [1.807, 2.05) is 18.2 Å². The van der Waals surface area contributed by atoms with Crippen LogP contribution >= 0.6 is 0 Å². The lowest BCUT2D eigenvalue weighted by atomic mass is 10.1. The van der Waals surface area contributed by atoms with Crippen LogP contribution in [0.5, 0.6) is 0 Å². The van der Waals surface area contributed by atoms with Crippen molar-refractivity contribution in [3.8, 4) is 0 Å². The van der Waals surface area contributed by atoms with Crippen LogP contribution in [0.2, 0.25) is 0 Å². The molecule has 3 nitrogen and oxygen atoms in total. The molecule has 0 aliphatic carbocycles. The Hall–Kier alpha value is -1.00. The van der Waals surface area contributed by atoms with Gasteiger partial charge in [0, 0.05) is 32.4 Å². The molecule has 1 aromatic heterocycles. The molecule has 1 fully saturated rings. The largest absolute Gasteiger partial charge is 0.314 e. The quantitative estimate of drug-likeness (QED) is 0.805. The van der Waals surface area contributed by atoms with Crippen LogP contribution in [-0.4, -0.2) is 42.7 Å². The molecule has 0 spiro atoms. The summed E-state index contributed by atoms with van der Waals surface area (Å²) in [5.74, 6) is 0. The predicted molar refractivity (Wildman–Crippen MR) is 57.4 cm³/mol. The van der Waals surface area contributed by atoms with Crippen molar-refractivity contribution in [3.63, 3.8) is 0 Å². The highest BCUT2D eigenvalue weighted by molar-refractivity contribution is 5.09. The Bertz CT molecular complexity index is 285.